The zero-order valence-corrected chi connectivity index (χ0v) is 26.6. The highest BCUT2D eigenvalue weighted by Gasteiger charge is 2.37. The van der Waals surface area contributed by atoms with Gasteiger partial charge in [0.15, 0.2) is 14.0 Å². The van der Waals surface area contributed by atoms with Crippen molar-refractivity contribution in [3.05, 3.63) is 35.1 Å². The van der Waals surface area contributed by atoms with Gasteiger partial charge in [-0.1, -0.05) is 69.4 Å². The maximum Gasteiger partial charge on any atom is 0.208 e. The zero-order valence-electron chi connectivity index (χ0n) is 24.8. The molecule has 9 nitrogen and oxygen atoms in total. The Bertz CT molecular complexity index is 1360. The van der Waals surface area contributed by atoms with Gasteiger partial charge in [0.2, 0.25) is 17.6 Å². The van der Waals surface area contributed by atoms with Crippen LogP contribution in [0.4, 0.5) is 5.95 Å². The second-order valence-corrected chi connectivity index (χ2v) is 18.1. The van der Waals surface area contributed by atoms with E-state index in [-0.39, 0.29) is 22.7 Å². The number of nitrogens with two attached hydrogens (primary N) is 1. The molecule has 1 aliphatic carbocycles. The van der Waals surface area contributed by atoms with E-state index in [2.05, 4.69) is 67.7 Å². The average molecular weight is 586 g/mol. The second kappa shape index (κ2) is 12.0. The highest BCUT2D eigenvalue weighted by Crippen LogP contribution is 2.37. The number of amidine groups is 1. The topological polar surface area (TPSA) is 123 Å². The van der Waals surface area contributed by atoms with E-state index in [1.165, 1.54) is 25.7 Å². The lowest BCUT2D eigenvalue weighted by molar-refractivity contribution is 0.265. The minimum absolute atomic E-state index is 0.0159. The maximum atomic E-state index is 9.38. The molecule has 2 aromatic heterocycles. The number of hydrogen-bond donors (Lipinski definition) is 3. The first-order valence-electron chi connectivity index (χ1n) is 14.2. The molecule has 4 rings (SSSR count). The third-order valence-electron chi connectivity index (χ3n) is 8.49. The minimum atomic E-state index is -1.91. The summed E-state index contributed by atoms with van der Waals surface area (Å²) >= 11 is 6.38. The van der Waals surface area contributed by atoms with Crippen LogP contribution in [-0.4, -0.2) is 51.5 Å². The minimum Gasteiger partial charge on any atom is -0.415 e. The lowest BCUT2D eigenvalue weighted by Gasteiger charge is -2.37. The van der Waals surface area contributed by atoms with Gasteiger partial charge in [-0.15, -0.1) is 0 Å². The molecule has 3 aromatic rings. The lowest BCUT2D eigenvalue weighted by Crippen LogP contribution is -2.43. The Morgan fingerprint density at radius 2 is 1.93 bits per heavy atom. The van der Waals surface area contributed by atoms with Crippen LogP contribution in [0.3, 0.4) is 0 Å². The van der Waals surface area contributed by atoms with Crippen molar-refractivity contribution in [2.45, 2.75) is 91.0 Å². The van der Waals surface area contributed by atoms with Gasteiger partial charge < -0.3 is 25.3 Å². The lowest BCUT2D eigenvalue weighted by atomic mass is 9.83. The molecular weight excluding hydrogens is 542 g/mol. The molecule has 2 heterocycles. The van der Waals surface area contributed by atoms with E-state index in [1.807, 2.05) is 24.3 Å². The molecule has 1 fully saturated rings. The molecule has 218 valence electrons. The first-order valence-corrected chi connectivity index (χ1v) is 17.5. The van der Waals surface area contributed by atoms with Crippen LogP contribution in [0.5, 0.6) is 0 Å². The van der Waals surface area contributed by atoms with Crippen molar-refractivity contribution in [3.8, 4) is 11.3 Å². The number of nitrogens with zero attached hydrogens (tertiary/aromatic N) is 5. The van der Waals surface area contributed by atoms with Gasteiger partial charge in [0.25, 0.3) is 0 Å². The summed E-state index contributed by atoms with van der Waals surface area (Å²) in [5, 5.41) is 16.9. The monoisotopic (exact) mass is 585 g/mol. The van der Waals surface area contributed by atoms with E-state index in [1.54, 1.807) is 0 Å². The summed E-state index contributed by atoms with van der Waals surface area (Å²) in [6.07, 6.45) is 4.78. The fourth-order valence-corrected chi connectivity index (χ4v) is 6.19. The number of rotatable bonds is 9. The molecule has 1 aliphatic rings. The van der Waals surface area contributed by atoms with Gasteiger partial charge in [-0.2, -0.15) is 4.98 Å². The van der Waals surface area contributed by atoms with Gasteiger partial charge in [0, 0.05) is 23.2 Å². The quantitative estimate of drug-likeness (QED) is 0.0821. The van der Waals surface area contributed by atoms with Crippen molar-refractivity contribution in [1.29, 1.82) is 0 Å². The van der Waals surface area contributed by atoms with Crippen LogP contribution in [0.1, 0.15) is 66.1 Å². The van der Waals surface area contributed by atoms with Crippen molar-refractivity contribution in [2.24, 2.45) is 22.7 Å². The molecule has 1 atom stereocenters. The summed E-state index contributed by atoms with van der Waals surface area (Å²) in [6.45, 7) is 17.1. The number of aromatic nitrogens is 4. The molecule has 1 aromatic carbocycles. The average Bonchev–Trinajstić information content (AvgIpc) is 3.23. The number of benzene rings is 1. The fraction of sp³-hybridized carbons (Fsp3) is 0.586. The van der Waals surface area contributed by atoms with Crippen LogP contribution in [0, 0.1) is 11.8 Å². The third-order valence-corrected chi connectivity index (χ3v) is 13.2. The van der Waals surface area contributed by atoms with E-state index >= 15 is 0 Å². The highest BCUT2D eigenvalue weighted by molar-refractivity contribution is 6.74. The normalized spacial score (nSPS) is 19.6. The Balaban J connectivity index is 1.80. The molecule has 0 radical (unpaired) electrons. The molecule has 0 spiro atoms. The molecule has 11 heteroatoms. The van der Waals surface area contributed by atoms with E-state index in [0.29, 0.717) is 34.8 Å². The van der Waals surface area contributed by atoms with Crippen molar-refractivity contribution in [1.82, 2.24) is 19.5 Å². The number of fused-ring (bicyclic) bond motifs is 1. The van der Waals surface area contributed by atoms with Crippen LogP contribution >= 0.6 is 11.6 Å². The smallest absolute Gasteiger partial charge is 0.208 e. The molecular formula is C29H44ClN7O2Si. The zero-order chi connectivity index (χ0) is 29.2. The Kier molecular flexibility index (Phi) is 9.11. The Morgan fingerprint density at radius 1 is 1.23 bits per heavy atom. The van der Waals surface area contributed by atoms with Crippen LogP contribution < -0.4 is 11.1 Å². The number of hydrogen-bond acceptors (Lipinski definition) is 7. The van der Waals surface area contributed by atoms with E-state index < -0.39 is 8.32 Å². The molecule has 0 unspecified atom stereocenters. The standard InChI is InChI=1S/C29H44ClN7O2Si/c1-18-11-13-20(14-12-18)16-37-24-23(21-9-8-10-22(30)15-21)33-27(25(31)36-38)34-26(24)35-28(37)32-19(2)17-39-40(6,7)29(3,4)5/h8-10,15,18-20,38H,11-14,16-17H2,1-7H3,(H2,31,36)(H,32,33,34,35)/t18-,19-,20-/m1/s1. The van der Waals surface area contributed by atoms with Crippen LogP contribution in [0.15, 0.2) is 29.4 Å². The molecule has 0 aliphatic heterocycles. The van der Waals surface area contributed by atoms with Gasteiger partial charge in [0.05, 0.1) is 6.61 Å². The van der Waals surface area contributed by atoms with Crippen molar-refractivity contribution < 1.29 is 9.63 Å². The summed E-state index contributed by atoms with van der Waals surface area (Å²) in [4.78, 5) is 14.3. The predicted octanol–water partition coefficient (Wildman–Crippen LogP) is 6.89. The molecule has 0 saturated heterocycles. The van der Waals surface area contributed by atoms with Crippen LogP contribution in [0.2, 0.25) is 23.2 Å². The van der Waals surface area contributed by atoms with Gasteiger partial charge in [-0.05, 0) is 61.9 Å². The number of anilines is 1. The summed E-state index contributed by atoms with van der Waals surface area (Å²) < 4.78 is 8.73. The van der Waals surface area contributed by atoms with Gasteiger partial charge in [-0.3, -0.25) is 0 Å². The second-order valence-electron chi connectivity index (χ2n) is 12.9. The van der Waals surface area contributed by atoms with Crippen LogP contribution in [0.25, 0.3) is 22.4 Å². The summed E-state index contributed by atoms with van der Waals surface area (Å²) in [5.74, 6) is 1.93. The van der Waals surface area contributed by atoms with Crippen molar-refractivity contribution >= 4 is 42.9 Å². The Morgan fingerprint density at radius 3 is 2.55 bits per heavy atom. The molecule has 1 saturated carbocycles. The highest BCUT2D eigenvalue weighted by atomic mass is 35.5. The van der Waals surface area contributed by atoms with Gasteiger partial charge >= 0.3 is 0 Å². The molecule has 40 heavy (non-hydrogen) atoms. The number of nitrogens with one attached hydrogen (secondary N) is 1. The summed E-state index contributed by atoms with van der Waals surface area (Å²) in [6, 6.07) is 7.54. The van der Waals surface area contributed by atoms with Crippen LogP contribution in [-0.2, 0) is 11.0 Å². The van der Waals surface area contributed by atoms with E-state index in [9.17, 15) is 5.21 Å². The van der Waals surface area contributed by atoms with Crippen molar-refractivity contribution in [3.63, 3.8) is 0 Å². The first-order chi connectivity index (χ1) is 18.8. The molecule has 0 amide bonds. The Labute approximate surface area is 243 Å². The number of halogens is 1. The SMILES string of the molecule is C[C@H](CO[Si](C)(C)C(C)(C)C)Nc1nc2nc(/C(N)=N/O)nc(-c3cccc(Cl)c3)c2n1C[C@H]1CC[C@H](C)CC1. The third kappa shape index (κ3) is 6.78. The first kappa shape index (κ1) is 30.3. The Hall–Kier alpha value is -2.69. The fourth-order valence-electron chi connectivity index (χ4n) is 4.90. The molecule has 4 N–H and O–H groups in total. The predicted molar refractivity (Wildman–Crippen MR) is 166 cm³/mol. The summed E-state index contributed by atoms with van der Waals surface area (Å²) in [5.41, 5.74) is 8.69. The van der Waals surface area contributed by atoms with E-state index in [0.717, 1.165) is 23.5 Å². The largest absolute Gasteiger partial charge is 0.415 e. The van der Waals surface area contributed by atoms with E-state index in [4.69, 9.17) is 31.7 Å². The maximum absolute atomic E-state index is 9.38. The number of imidazole rings is 1. The number of oxime groups is 1. The van der Waals surface area contributed by atoms with Gasteiger partial charge in [0.1, 0.15) is 11.2 Å². The molecule has 0 bridgehead atoms. The van der Waals surface area contributed by atoms with Crippen molar-refractivity contribution in [2.75, 3.05) is 11.9 Å². The van der Waals surface area contributed by atoms with Gasteiger partial charge in [-0.25, -0.2) is 9.97 Å². The summed E-state index contributed by atoms with van der Waals surface area (Å²) in [7, 11) is -1.91.